The van der Waals surface area contributed by atoms with Gasteiger partial charge >= 0.3 is 0 Å². The number of nitrogens with one attached hydrogen (secondary N) is 1. The topological polar surface area (TPSA) is 84.2 Å². The van der Waals surface area contributed by atoms with Gasteiger partial charge in [0, 0.05) is 11.1 Å². The fourth-order valence-electron chi connectivity index (χ4n) is 1.71. The van der Waals surface area contributed by atoms with Crippen molar-refractivity contribution in [2.24, 2.45) is 0 Å². The number of nitrogen functional groups attached to an aromatic ring is 1. The highest BCUT2D eigenvalue weighted by Gasteiger charge is 2.16. The second-order valence-corrected chi connectivity index (χ2v) is 3.51. The summed E-state index contributed by atoms with van der Waals surface area (Å²) in [6, 6.07) is 3.40. The van der Waals surface area contributed by atoms with E-state index in [1.807, 2.05) is 6.92 Å². The molecular weight excluding hydrogens is 206 g/mol. The summed E-state index contributed by atoms with van der Waals surface area (Å²) >= 11 is 0. The third kappa shape index (κ3) is 1.46. The van der Waals surface area contributed by atoms with Crippen molar-refractivity contribution >= 4 is 5.82 Å². The number of phenolic OH excluding ortho intramolecular Hbond substituents is 1. The Morgan fingerprint density at radius 2 is 2.19 bits per heavy atom. The van der Waals surface area contributed by atoms with E-state index < -0.39 is 0 Å². The molecule has 2 aromatic rings. The van der Waals surface area contributed by atoms with Gasteiger partial charge in [-0.05, 0) is 18.6 Å². The number of hydrogen-bond donors (Lipinski definition) is 3. The number of H-pyrrole nitrogens is 1. The highest BCUT2D eigenvalue weighted by molar-refractivity contribution is 5.82. The smallest absolute Gasteiger partial charge is 0.168 e. The Morgan fingerprint density at radius 1 is 1.44 bits per heavy atom. The first-order chi connectivity index (χ1) is 7.65. The number of aryl methyl sites for hydroxylation is 1. The number of aromatic amines is 1. The summed E-state index contributed by atoms with van der Waals surface area (Å²) in [7, 11) is 1.51. The van der Waals surface area contributed by atoms with Gasteiger partial charge in [0.25, 0.3) is 0 Å². The Balaban J connectivity index is 2.73. The molecule has 1 aromatic carbocycles. The van der Waals surface area contributed by atoms with E-state index in [4.69, 9.17) is 10.5 Å². The molecule has 0 spiro atoms. The van der Waals surface area contributed by atoms with Crippen molar-refractivity contribution in [2.45, 2.75) is 6.92 Å². The molecule has 0 aliphatic heterocycles. The Kier molecular flexibility index (Phi) is 2.44. The fraction of sp³-hybridized carbons (Fsp3) is 0.182. The minimum Gasteiger partial charge on any atom is -0.504 e. The molecule has 0 aliphatic carbocycles. The third-order valence-electron chi connectivity index (χ3n) is 2.49. The van der Waals surface area contributed by atoms with Crippen LogP contribution in [-0.2, 0) is 0 Å². The van der Waals surface area contributed by atoms with E-state index in [1.165, 1.54) is 7.11 Å². The molecule has 5 nitrogen and oxygen atoms in total. The molecule has 0 aliphatic rings. The van der Waals surface area contributed by atoms with Crippen molar-refractivity contribution < 1.29 is 9.84 Å². The molecule has 2 rings (SSSR count). The first-order valence-electron chi connectivity index (χ1n) is 4.81. The molecule has 0 radical (unpaired) electrons. The van der Waals surface area contributed by atoms with Gasteiger partial charge in [-0.2, -0.15) is 5.10 Å². The first kappa shape index (κ1) is 10.4. The van der Waals surface area contributed by atoms with Gasteiger partial charge in [0.2, 0.25) is 0 Å². The Bertz CT molecular complexity index is 520. The summed E-state index contributed by atoms with van der Waals surface area (Å²) in [6.45, 7) is 1.92. The Morgan fingerprint density at radius 3 is 2.75 bits per heavy atom. The Labute approximate surface area is 92.9 Å². The second kappa shape index (κ2) is 3.77. The third-order valence-corrected chi connectivity index (χ3v) is 2.49. The maximum atomic E-state index is 9.71. The number of aromatic hydroxyl groups is 1. The molecule has 1 aromatic heterocycles. The van der Waals surface area contributed by atoms with Gasteiger partial charge in [-0.3, -0.25) is 5.10 Å². The minimum atomic E-state index is 0.0868. The number of anilines is 1. The predicted molar refractivity (Wildman–Crippen MR) is 61.4 cm³/mol. The molecule has 0 saturated carbocycles. The predicted octanol–water partition coefficient (Wildman–Crippen LogP) is 1.68. The highest BCUT2D eigenvalue weighted by atomic mass is 16.5. The quantitative estimate of drug-likeness (QED) is 0.717. The van der Waals surface area contributed by atoms with Crippen LogP contribution in [0.3, 0.4) is 0 Å². The van der Waals surface area contributed by atoms with Crippen molar-refractivity contribution in [3.8, 4) is 22.6 Å². The lowest BCUT2D eigenvalue weighted by Gasteiger charge is -2.12. The van der Waals surface area contributed by atoms with E-state index in [0.29, 0.717) is 11.6 Å². The van der Waals surface area contributed by atoms with Crippen molar-refractivity contribution in [1.82, 2.24) is 10.2 Å². The molecule has 0 fully saturated rings. The standard InChI is InChI=1S/C11H13N3O2/c1-6-3-4-8(15)10(16-2)9(6)7-5-13-14-11(7)12/h3-5,15H,1-2H3,(H3,12,13,14). The van der Waals surface area contributed by atoms with E-state index >= 15 is 0 Å². The van der Waals surface area contributed by atoms with Crippen LogP contribution in [0.2, 0.25) is 0 Å². The van der Waals surface area contributed by atoms with E-state index in [9.17, 15) is 5.11 Å². The number of rotatable bonds is 2. The minimum absolute atomic E-state index is 0.0868. The summed E-state index contributed by atoms with van der Waals surface area (Å²) in [6.07, 6.45) is 1.61. The number of methoxy groups -OCH3 is 1. The molecule has 1 heterocycles. The van der Waals surface area contributed by atoms with E-state index in [2.05, 4.69) is 10.2 Å². The van der Waals surface area contributed by atoms with E-state index in [-0.39, 0.29) is 5.75 Å². The number of phenols is 1. The van der Waals surface area contributed by atoms with Crippen LogP contribution in [-0.4, -0.2) is 22.4 Å². The molecule has 5 heteroatoms. The van der Waals surface area contributed by atoms with Crippen LogP contribution in [0.4, 0.5) is 5.82 Å². The van der Waals surface area contributed by atoms with Crippen molar-refractivity contribution in [1.29, 1.82) is 0 Å². The van der Waals surface area contributed by atoms with Gasteiger partial charge in [0.1, 0.15) is 5.82 Å². The molecule has 0 unspecified atom stereocenters. The normalized spacial score (nSPS) is 10.4. The largest absolute Gasteiger partial charge is 0.504 e. The molecule has 0 saturated heterocycles. The van der Waals surface area contributed by atoms with Crippen LogP contribution in [0, 0.1) is 6.92 Å². The SMILES string of the molecule is COc1c(O)ccc(C)c1-c1cn[nH]c1N. The van der Waals surface area contributed by atoms with Crippen molar-refractivity contribution in [3.05, 3.63) is 23.9 Å². The van der Waals surface area contributed by atoms with Gasteiger partial charge in [0.15, 0.2) is 11.5 Å². The zero-order valence-electron chi connectivity index (χ0n) is 9.11. The zero-order chi connectivity index (χ0) is 11.7. The maximum Gasteiger partial charge on any atom is 0.168 e. The summed E-state index contributed by atoms with van der Waals surface area (Å²) in [5.74, 6) is 0.948. The summed E-state index contributed by atoms with van der Waals surface area (Å²) in [5, 5.41) is 16.2. The molecule has 84 valence electrons. The zero-order valence-corrected chi connectivity index (χ0v) is 9.11. The van der Waals surface area contributed by atoms with Crippen LogP contribution in [0.15, 0.2) is 18.3 Å². The summed E-state index contributed by atoms with van der Waals surface area (Å²) in [4.78, 5) is 0. The average molecular weight is 219 g/mol. The van der Waals surface area contributed by atoms with Crippen molar-refractivity contribution in [2.75, 3.05) is 12.8 Å². The van der Waals surface area contributed by atoms with Gasteiger partial charge < -0.3 is 15.6 Å². The summed E-state index contributed by atoms with van der Waals surface area (Å²) < 4.78 is 5.19. The summed E-state index contributed by atoms with van der Waals surface area (Å²) in [5.41, 5.74) is 8.21. The number of ether oxygens (including phenoxy) is 1. The van der Waals surface area contributed by atoms with Crippen LogP contribution in [0.5, 0.6) is 11.5 Å². The van der Waals surface area contributed by atoms with Gasteiger partial charge in [0.05, 0.1) is 13.3 Å². The van der Waals surface area contributed by atoms with Crippen LogP contribution >= 0.6 is 0 Å². The average Bonchev–Trinajstić information content (AvgIpc) is 2.67. The van der Waals surface area contributed by atoms with Gasteiger partial charge in [-0.25, -0.2) is 0 Å². The molecule has 0 bridgehead atoms. The maximum absolute atomic E-state index is 9.71. The number of hydrogen-bond acceptors (Lipinski definition) is 4. The van der Waals surface area contributed by atoms with Gasteiger partial charge in [-0.1, -0.05) is 6.07 Å². The first-order valence-corrected chi connectivity index (χ1v) is 4.81. The van der Waals surface area contributed by atoms with Crippen LogP contribution in [0.1, 0.15) is 5.56 Å². The monoisotopic (exact) mass is 219 g/mol. The van der Waals surface area contributed by atoms with Gasteiger partial charge in [-0.15, -0.1) is 0 Å². The molecular formula is C11H13N3O2. The number of aromatic nitrogens is 2. The van der Waals surface area contributed by atoms with E-state index in [1.54, 1.807) is 18.3 Å². The number of nitrogens with zero attached hydrogens (tertiary/aromatic N) is 1. The molecule has 4 N–H and O–H groups in total. The van der Waals surface area contributed by atoms with Crippen LogP contribution in [0.25, 0.3) is 11.1 Å². The Hall–Kier alpha value is -2.17. The number of benzene rings is 1. The second-order valence-electron chi connectivity index (χ2n) is 3.51. The highest BCUT2D eigenvalue weighted by Crippen LogP contribution is 2.41. The molecule has 0 amide bonds. The lowest BCUT2D eigenvalue weighted by Crippen LogP contribution is -1.94. The van der Waals surface area contributed by atoms with Crippen LogP contribution < -0.4 is 10.5 Å². The van der Waals surface area contributed by atoms with E-state index in [0.717, 1.165) is 16.7 Å². The van der Waals surface area contributed by atoms with Crippen molar-refractivity contribution in [3.63, 3.8) is 0 Å². The lowest BCUT2D eigenvalue weighted by atomic mass is 10.0. The molecule has 0 atom stereocenters. The fourth-order valence-corrected chi connectivity index (χ4v) is 1.71. The lowest BCUT2D eigenvalue weighted by molar-refractivity contribution is 0.374. The number of nitrogens with two attached hydrogens (primary N) is 1. The molecule has 16 heavy (non-hydrogen) atoms.